The maximum absolute atomic E-state index is 11.7. The molecule has 120 valence electrons. The molecule has 8 nitrogen and oxygen atoms in total. The number of ether oxygens (including phenoxy) is 2. The lowest BCUT2D eigenvalue weighted by molar-refractivity contribution is -0.119. The number of aromatic nitrogens is 1. The van der Waals surface area contributed by atoms with Crippen molar-refractivity contribution >= 4 is 23.5 Å². The summed E-state index contributed by atoms with van der Waals surface area (Å²) in [6.07, 6.45) is 0. The molecule has 23 heavy (non-hydrogen) atoms. The maximum Gasteiger partial charge on any atom is 0.377 e. The number of anilines is 1. The average Bonchev–Trinajstić information content (AvgIpc) is 2.99. The first-order valence-corrected chi connectivity index (χ1v) is 6.58. The zero-order valence-corrected chi connectivity index (χ0v) is 12.5. The molecule has 0 saturated carbocycles. The molecule has 0 aliphatic carbocycles. The van der Waals surface area contributed by atoms with E-state index in [1.165, 1.54) is 37.4 Å². The van der Waals surface area contributed by atoms with E-state index in [1.807, 2.05) is 0 Å². The standard InChI is InChI=1S/C15H14N2O6/c1-9-7-12(23-17-9)15(20)22-8-13(18)16-11-5-3-10(4-6-11)14(19)21-2/h3-7H,8H2,1-2H3,(H,16,18). The Balaban J connectivity index is 1.85. The number of esters is 2. The normalized spacial score (nSPS) is 10.0. The van der Waals surface area contributed by atoms with Gasteiger partial charge in [-0.05, 0) is 31.2 Å². The first-order valence-electron chi connectivity index (χ1n) is 6.58. The Bertz CT molecular complexity index is 720. The molecule has 0 unspecified atom stereocenters. The van der Waals surface area contributed by atoms with Gasteiger partial charge < -0.3 is 19.3 Å². The number of hydrogen-bond donors (Lipinski definition) is 1. The van der Waals surface area contributed by atoms with Gasteiger partial charge in [-0.1, -0.05) is 5.16 Å². The second kappa shape index (κ2) is 7.21. The summed E-state index contributed by atoms with van der Waals surface area (Å²) in [4.78, 5) is 34.6. The highest BCUT2D eigenvalue weighted by Crippen LogP contribution is 2.10. The highest BCUT2D eigenvalue weighted by Gasteiger charge is 2.15. The van der Waals surface area contributed by atoms with Crippen LogP contribution in [0.5, 0.6) is 0 Å². The molecule has 1 aromatic heterocycles. The molecule has 8 heteroatoms. The first-order chi connectivity index (χ1) is 11.0. The van der Waals surface area contributed by atoms with Gasteiger partial charge in [0.1, 0.15) is 0 Å². The lowest BCUT2D eigenvalue weighted by Crippen LogP contribution is -2.20. The van der Waals surface area contributed by atoms with Gasteiger partial charge in [-0.3, -0.25) is 4.79 Å². The molecule has 0 aliphatic heterocycles. The Labute approximate surface area is 131 Å². The molecule has 0 atom stereocenters. The third kappa shape index (κ3) is 4.40. The van der Waals surface area contributed by atoms with Gasteiger partial charge in [0, 0.05) is 11.8 Å². The summed E-state index contributed by atoms with van der Waals surface area (Å²) in [7, 11) is 1.28. The van der Waals surface area contributed by atoms with Crippen LogP contribution in [0.15, 0.2) is 34.9 Å². The van der Waals surface area contributed by atoms with E-state index in [0.717, 1.165) is 0 Å². The van der Waals surface area contributed by atoms with Crippen molar-refractivity contribution in [3.63, 3.8) is 0 Å². The summed E-state index contributed by atoms with van der Waals surface area (Å²) in [5, 5.41) is 6.07. The van der Waals surface area contributed by atoms with Crippen LogP contribution in [0.25, 0.3) is 0 Å². The molecule has 2 rings (SSSR count). The largest absolute Gasteiger partial charge is 0.465 e. The number of benzene rings is 1. The third-order valence-corrected chi connectivity index (χ3v) is 2.75. The van der Waals surface area contributed by atoms with Crippen LogP contribution in [0.3, 0.4) is 0 Å². The minimum absolute atomic E-state index is 0.0715. The summed E-state index contributed by atoms with van der Waals surface area (Å²) in [5.41, 5.74) is 1.35. The quantitative estimate of drug-likeness (QED) is 0.833. The van der Waals surface area contributed by atoms with Crippen molar-refractivity contribution in [2.24, 2.45) is 0 Å². The number of aryl methyl sites for hydroxylation is 1. The zero-order chi connectivity index (χ0) is 16.8. The highest BCUT2D eigenvalue weighted by atomic mass is 16.6. The van der Waals surface area contributed by atoms with E-state index < -0.39 is 24.5 Å². The number of carbonyl (C=O) groups is 3. The summed E-state index contributed by atoms with van der Waals surface area (Å²) >= 11 is 0. The van der Waals surface area contributed by atoms with Crippen molar-refractivity contribution in [2.75, 3.05) is 19.0 Å². The van der Waals surface area contributed by atoms with Gasteiger partial charge in [-0.2, -0.15) is 0 Å². The highest BCUT2D eigenvalue weighted by molar-refractivity contribution is 5.95. The Morgan fingerprint density at radius 2 is 1.87 bits per heavy atom. The van der Waals surface area contributed by atoms with Gasteiger partial charge in [0.05, 0.1) is 18.4 Å². The minimum Gasteiger partial charge on any atom is -0.465 e. The number of nitrogens with zero attached hydrogens (tertiary/aromatic N) is 1. The Morgan fingerprint density at radius 3 is 2.43 bits per heavy atom. The smallest absolute Gasteiger partial charge is 0.377 e. The number of amides is 1. The van der Waals surface area contributed by atoms with Crippen molar-refractivity contribution in [2.45, 2.75) is 6.92 Å². The monoisotopic (exact) mass is 318 g/mol. The van der Waals surface area contributed by atoms with Crippen molar-refractivity contribution in [3.05, 3.63) is 47.3 Å². The fourth-order valence-corrected chi connectivity index (χ4v) is 1.67. The molecule has 0 saturated heterocycles. The fraction of sp³-hybridized carbons (Fsp3) is 0.200. The van der Waals surface area contributed by atoms with Crippen LogP contribution in [0, 0.1) is 6.92 Å². The maximum atomic E-state index is 11.7. The SMILES string of the molecule is COC(=O)c1ccc(NC(=O)COC(=O)c2cc(C)no2)cc1. The van der Waals surface area contributed by atoms with Crippen LogP contribution in [0.4, 0.5) is 5.69 Å². The van der Waals surface area contributed by atoms with Gasteiger partial charge >= 0.3 is 11.9 Å². The van der Waals surface area contributed by atoms with Gasteiger partial charge in [-0.15, -0.1) is 0 Å². The number of methoxy groups -OCH3 is 1. The van der Waals surface area contributed by atoms with Crippen LogP contribution in [-0.2, 0) is 14.3 Å². The van der Waals surface area contributed by atoms with Gasteiger partial charge in [0.25, 0.3) is 5.91 Å². The van der Waals surface area contributed by atoms with E-state index in [-0.39, 0.29) is 5.76 Å². The molecular formula is C15H14N2O6. The Morgan fingerprint density at radius 1 is 1.17 bits per heavy atom. The molecule has 0 fully saturated rings. The fourth-order valence-electron chi connectivity index (χ4n) is 1.67. The molecule has 1 aromatic carbocycles. The van der Waals surface area contributed by atoms with E-state index in [0.29, 0.717) is 16.9 Å². The lowest BCUT2D eigenvalue weighted by Gasteiger charge is -2.06. The number of hydrogen-bond acceptors (Lipinski definition) is 7. The Hall–Kier alpha value is -3.16. The topological polar surface area (TPSA) is 108 Å². The number of rotatable bonds is 5. The molecule has 1 N–H and O–H groups in total. The molecular weight excluding hydrogens is 304 g/mol. The van der Waals surface area contributed by atoms with Crippen LogP contribution in [0.2, 0.25) is 0 Å². The van der Waals surface area contributed by atoms with Gasteiger partial charge in [0.2, 0.25) is 5.76 Å². The minimum atomic E-state index is -0.776. The lowest BCUT2D eigenvalue weighted by atomic mass is 10.2. The van der Waals surface area contributed by atoms with Crippen LogP contribution < -0.4 is 5.32 Å². The van der Waals surface area contributed by atoms with E-state index in [4.69, 9.17) is 9.26 Å². The van der Waals surface area contributed by atoms with E-state index >= 15 is 0 Å². The van der Waals surface area contributed by atoms with Gasteiger partial charge in [-0.25, -0.2) is 9.59 Å². The molecule has 0 spiro atoms. The molecule has 0 bridgehead atoms. The van der Waals surface area contributed by atoms with E-state index in [9.17, 15) is 14.4 Å². The van der Waals surface area contributed by atoms with E-state index in [2.05, 4.69) is 15.2 Å². The Kier molecular flexibility index (Phi) is 5.08. The van der Waals surface area contributed by atoms with Crippen molar-refractivity contribution in [3.8, 4) is 0 Å². The van der Waals surface area contributed by atoms with Crippen LogP contribution >= 0.6 is 0 Å². The van der Waals surface area contributed by atoms with E-state index in [1.54, 1.807) is 6.92 Å². The predicted molar refractivity (Wildman–Crippen MR) is 77.9 cm³/mol. The molecule has 0 aliphatic rings. The van der Waals surface area contributed by atoms with Crippen molar-refractivity contribution in [1.82, 2.24) is 5.16 Å². The molecule has 0 radical (unpaired) electrons. The predicted octanol–water partition coefficient (Wildman–Crippen LogP) is 1.57. The zero-order valence-electron chi connectivity index (χ0n) is 12.5. The molecule has 2 aromatic rings. The van der Waals surface area contributed by atoms with Crippen molar-refractivity contribution < 1.29 is 28.4 Å². The third-order valence-electron chi connectivity index (χ3n) is 2.75. The second-order valence-corrected chi connectivity index (χ2v) is 4.53. The summed E-state index contributed by atoms with van der Waals surface area (Å²) in [5.74, 6) is -1.85. The summed E-state index contributed by atoms with van der Waals surface area (Å²) in [6.45, 7) is 1.18. The summed E-state index contributed by atoms with van der Waals surface area (Å²) < 4.78 is 14.1. The van der Waals surface area contributed by atoms with Crippen LogP contribution in [0.1, 0.15) is 26.6 Å². The summed E-state index contributed by atoms with van der Waals surface area (Å²) in [6, 6.07) is 7.48. The van der Waals surface area contributed by atoms with Crippen LogP contribution in [-0.4, -0.2) is 36.7 Å². The van der Waals surface area contributed by atoms with Gasteiger partial charge in [0.15, 0.2) is 6.61 Å². The number of carbonyl (C=O) groups excluding carboxylic acids is 3. The second-order valence-electron chi connectivity index (χ2n) is 4.53. The molecule has 1 heterocycles. The van der Waals surface area contributed by atoms with Crippen molar-refractivity contribution in [1.29, 1.82) is 0 Å². The average molecular weight is 318 g/mol. The molecule has 1 amide bonds. The number of nitrogens with one attached hydrogen (secondary N) is 1. The first kappa shape index (κ1) is 16.2.